The van der Waals surface area contributed by atoms with Crippen LogP contribution in [0.2, 0.25) is 5.02 Å². The molecule has 0 saturated heterocycles. The first-order chi connectivity index (χ1) is 11.1. The van der Waals surface area contributed by atoms with Gasteiger partial charge in [-0.1, -0.05) is 48.1 Å². The maximum Gasteiger partial charge on any atom is 0.0726 e. The van der Waals surface area contributed by atoms with Crippen LogP contribution in [-0.4, -0.2) is 28.3 Å². The summed E-state index contributed by atoms with van der Waals surface area (Å²) < 4.78 is 0. The molecule has 4 rings (SSSR count). The standard InChI is InChI=1S/C19H17ClN2S/c1-22-9-8-16-15(11-22)19(14-4-2-3-5-18(14)23)13-7-6-12(20)10-17(13)21-16/h2-4,6-7,10H,5,8-9,11H2,1H3. The Morgan fingerprint density at radius 1 is 1.30 bits per heavy atom. The molecule has 2 aromatic rings. The van der Waals surface area contributed by atoms with E-state index < -0.39 is 0 Å². The molecule has 1 aromatic heterocycles. The zero-order chi connectivity index (χ0) is 16.0. The van der Waals surface area contributed by atoms with Crippen molar-refractivity contribution in [3.05, 3.63) is 58.3 Å². The highest BCUT2D eigenvalue weighted by Gasteiger charge is 2.24. The van der Waals surface area contributed by atoms with E-state index in [-0.39, 0.29) is 0 Å². The minimum absolute atomic E-state index is 0.726. The molecule has 0 unspecified atom stereocenters. The molecule has 1 aliphatic heterocycles. The summed E-state index contributed by atoms with van der Waals surface area (Å²) >= 11 is 11.8. The van der Waals surface area contributed by atoms with Gasteiger partial charge >= 0.3 is 0 Å². The molecule has 0 atom stereocenters. The van der Waals surface area contributed by atoms with Crippen molar-refractivity contribution in [1.29, 1.82) is 0 Å². The summed E-state index contributed by atoms with van der Waals surface area (Å²) in [4.78, 5) is 8.24. The van der Waals surface area contributed by atoms with Crippen molar-refractivity contribution < 1.29 is 0 Å². The zero-order valence-electron chi connectivity index (χ0n) is 13.0. The number of aromatic nitrogens is 1. The van der Waals surface area contributed by atoms with Gasteiger partial charge in [-0.2, -0.15) is 0 Å². The van der Waals surface area contributed by atoms with Gasteiger partial charge < -0.3 is 4.90 Å². The number of halogens is 1. The summed E-state index contributed by atoms with van der Waals surface area (Å²) in [6.45, 7) is 1.95. The van der Waals surface area contributed by atoms with Crippen LogP contribution in [0.25, 0.3) is 16.5 Å². The molecule has 0 saturated carbocycles. The number of likely N-dealkylation sites (N-methyl/N-ethyl adjacent to an activating group) is 1. The molecule has 0 radical (unpaired) electrons. The lowest BCUT2D eigenvalue weighted by atomic mass is 9.87. The number of fused-ring (bicyclic) bond motifs is 2. The minimum Gasteiger partial charge on any atom is -0.302 e. The Balaban J connectivity index is 2.06. The molecule has 2 heterocycles. The second-order valence-corrected chi connectivity index (χ2v) is 7.13. The molecule has 2 nitrogen and oxygen atoms in total. The highest BCUT2D eigenvalue weighted by atomic mass is 35.5. The average molecular weight is 341 g/mol. The van der Waals surface area contributed by atoms with Crippen molar-refractivity contribution in [2.45, 2.75) is 19.4 Å². The third kappa shape index (κ3) is 2.63. The fourth-order valence-electron chi connectivity index (χ4n) is 3.42. The van der Waals surface area contributed by atoms with Crippen molar-refractivity contribution in [2.24, 2.45) is 0 Å². The van der Waals surface area contributed by atoms with Crippen molar-refractivity contribution in [2.75, 3.05) is 13.6 Å². The lowest BCUT2D eigenvalue weighted by molar-refractivity contribution is 0.310. The monoisotopic (exact) mass is 340 g/mol. The van der Waals surface area contributed by atoms with E-state index in [1.807, 2.05) is 12.1 Å². The lowest BCUT2D eigenvalue weighted by Gasteiger charge is -2.28. The molecule has 0 fully saturated rings. The predicted molar refractivity (Wildman–Crippen MR) is 101 cm³/mol. The molecule has 0 amide bonds. The van der Waals surface area contributed by atoms with Gasteiger partial charge in [-0.15, -0.1) is 0 Å². The van der Waals surface area contributed by atoms with Crippen LogP contribution in [0, 0.1) is 0 Å². The van der Waals surface area contributed by atoms with Gasteiger partial charge in [0.05, 0.1) is 5.52 Å². The number of thiocarbonyl (C=S) groups is 1. The molecule has 116 valence electrons. The first kappa shape index (κ1) is 15.0. The normalized spacial score (nSPS) is 18.2. The van der Waals surface area contributed by atoms with Gasteiger partial charge in [0.25, 0.3) is 0 Å². The fourth-order valence-corrected chi connectivity index (χ4v) is 3.86. The first-order valence-electron chi connectivity index (χ1n) is 7.83. The van der Waals surface area contributed by atoms with Gasteiger partial charge in [0, 0.05) is 46.9 Å². The Hall–Kier alpha value is -1.55. The third-order valence-corrected chi connectivity index (χ3v) is 5.19. The van der Waals surface area contributed by atoms with Gasteiger partial charge in [0.15, 0.2) is 0 Å². The topological polar surface area (TPSA) is 16.1 Å². The Morgan fingerprint density at radius 3 is 3.00 bits per heavy atom. The van der Waals surface area contributed by atoms with Crippen molar-refractivity contribution in [1.82, 2.24) is 9.88 Å². The molecule has 0 N–H and O–H groups in total. The molecule has 1 aromatic carbocycles. The Labute approximate surface area is 146 Å². The SMILES string of the molecule is CN1CCc2nc3cc(Cl)ccc3c(C3=CC=CCC3=S)c2C1. The Kier molecular flexibility index (Phi) is 3.80. The van der Waals surface area contributed by atoms with E-state index in [0.29, 0.717) is 0 Å². The van der Waals surface area contributed by atoms with Gasteiger partial charge in [-0.3, -0.25) is 4.98 Å². The summed E-state index contributed by atoms with van der Waals surface area (Å²) in [6.07, 6.45) is 8.17. The molecule has 4 heteroatoms. The summed E-state index contributed by atoms with van der Waals surface area (Å²) in [7, 11) is 2.16. The quantitative estimate of drug-likeness (QED) is 0.706. The molecule has 0 bridgehead atoms. The molecule has 1 aliphatic carbocycles. The van der Waals surface area contributed by atoms with E-state index in [9.17, 15) is 0 Å². The highest BCUT2D eigenvalue weighted by Crippen LogP contribution is 2.35. The van der Waals surface area contributed by atoms with E-state index >= 15 is 0 Å². The summed E-state index contributed by atoms with van der Waals surface area (Å²) in [5.74, 6) is 0. The number of hydrogen-bond donors (Lipinski definition) is 0. The number of benzene rings is 1. The summed E-state index contributed by atoms with van der Waals surface area (Å²) in [5.41, 5.74) is 5.89. The average Bonchev–Trinajstić information content (AvgIpc) is 2.54. The number of rotatable bonds is 1. The van der Waals surface area contributed by atoms with Gasteiger partial charge in [-0.25, -0.2) is 0 Å². The van der Waals surface area contributed by atoms with Gasteiger partial charge in [-0.05, 0) is 35.9 Å². The molecular formula is C19H17ClN2S. The van der Waals surface area contributed by atoms with Crippen LogP contribution < -0.4 is 0 Å². The van der Waals surface area contributed by atoms with Gasteiger partial charge in [0.1, 0.15) is 0 Å². The maximum atomic E-state index is 6.19. The predicted octanol–water partition coefficient (Wildman–Crippen LogP) is 4.59. The first-order valence-corrected chi connectivity index (χ1v) is 8.62. The number of nitrogens with zero attached hydrogens (tertiary/aromatic N) is 2. The molecule has 23 heavy (non-hydrogen) atoms. The molecular weight excluding hydrogens is 324 g/mol. The van der Waals surface area contributed by atoms with Crippen molar-refractivity contribution >= 4 is 45.2 Å². The van der Waals surface area contributed by atoms with E-state index in [1.165, 1.54) is 22.4 Å². The van der Waals surface area contributed by atoms with E-state index in [0.717, 1.165) is 46.7 Å². The second kappa shape index (κ2) is 5.82. The maximum absolute atomic E-state index is 6.19. The fraction of sp³-hybridized carbons (Fsp3) is 0.263. The second-order valence-electron chi connectivity index (χ2n) is 6.20. The zero-order valence-corrected chi connectivity index (χ0v) is 14.5. The van der Waals surface area contributed by atoms with E-state index in [1.54, 1.807) is 0 Å². The van der Waals surface area contributed by atoms with Crippen LogP contribution in [0.5, 0.6) is 0 Å². The van der Waals surface area contributed by atoms with Crippen LogP contribution in [-0.2, 0) is 13.0 Å². The number of hydrogen-bond acceptors (Lipinski definition) is 3. The largest absolute Gasteiger partial charge is 0.302 e. The number of pyridine rings is 1. The van der Waals surface area contributed by atoms with Crippen LogP contribution in [0.4, 0.5) is 0 Å². The smallest absolute Gasteiger partial charge is 0.0726 e. The highest BCUT2D eigenvalue weighted by molar-refractivity contribution is 7.81. The Bertz CT molecular complexity index is 883. The van der Waals surface area contributed by atoms with Gasteiger partial charge in [0.2, 0.25) is 0 Å². The molecule has 2 aliphatic rings. The van der Waals surface area contributed by atoms with Crippen molar-refractivity contribution in [3.8, 4) is 0 Å². The summed E-state index contributed by atoms with van der Waals surface area (Å²) in [6, 6.07) is 5.98. The van der Waals surface area contributed by atoms with Crippen LogP contribution in [0.15, 0.2) is 36.4 Å². The van der Waals surface area contributed by atoms with Crippen LogP contribution in [0.3, 0.4) is 0 Å². The number of allylic oxidation sites excluding steroid dienone is 4. The van der Waals surface area contributed by atoms with Crippen LogP contribution >= 0.6 is 23.8 Å². The van der Waals surface area contributed by atoms with E-state index in [4.69, 9.17) is 28.8 Å². The van der Waals surface area contributed by atoms with Crippen molar-refractivity contribution in [3.63, 3.8) is 0 Å². The summed E-state index contributed by atoms with van der Waals surface area (Å²) in [5, 5.41) is 1.87. The lowest BCUT2D eigenvalue weighted by Crippen LogP contribution is -2.28. The van der Waals surface area contributed by atoms with E-state index in [2.05, 4.69) is 36.2 Å². The Morgan fingerprint density at radius 2 is 2.17 bits per heavy atom. The third-order valence-electron chi connectivity index (χ3n) is 4.56. The molecule has 0 spiro atoms. The minimum atomic E-state index is 0.726. The van der Waals surface area contributed by atoms with Crippen LogP contribution in [0.1, 0.15) is 23.2 Å².